The predicted molar refractivity (Wildman–Crippen MR) is 97.2 cm³/mol. The molecule has 0 saturated carbocycles. The Hall–Kier alpha value is -3.09. The molecule has 0 aliphatic heterocycles. The number of pyridine rings is 1. The molecule has 0 saturated heterocycles. The minimum absolute atomic E-state index is 0.248. The molecule has 4 nitrogen and oxygen atoms in total. The van der Waals surface area contributed by atoms with E-state index in [9.17, 15) is 18.0 Å². The van der Waals surface area contributed by atoms with Gasteiger partial charge in [0.1, 0.15) is 0 Å². The van der Waals surface area contributed by atoms with Crippen LogP contribution in [0.3, 0.4) is 0 Å². The minimum Gasteiger partial charge on any atom is -0.462 e. The molecule has 0 bridgehead atoms. The minimum atomic E-state index is -4.43. The summed E-state index contributed by atoms with van der Waals surface area (Å²) in [5.74, 6) is -0.468. The van der Waals surface area contributed by atoms with Crippen LogP contribution in [0.2, 0.25) is 0 Å². The number of benzene rings is 2. The zero-order valence-corrected chi connectivity index (χ0v) is 14.7. The van der Waals surface area contributed by atoms with Crippen molar-refractivity contribution in [2.75, 3.05) is 11.9 Å². The van der Waals surface area contributed by atoms with Crippen molar-refractivity contribution in [1.82, 2.24) is 4.98 Å². The number of halogens is 3. The van der Waals surface area contributed by atoms with Gasteiger partial charge in [-0.25, -0.2) is 4.79 Å². The van der Waals surface area contributed by atoms with Crippen molar-refractivity contribution < 1.29 is 22.7 Å². The van der Waals surface area contributed by atoms with Crippen LogP contribution < -0.4 is 5.32 Å². The molecular weight excluding hydrogens is 357 g/mol. The number of rotatable bonds is 4. The van der Waals surface area contributed by atoms with E-state index in [0.29, 0.717) is 33.5 Å². The van der Waals surface area contributed by atoms with Crippen LogP contribution in [0.15, 0.2) is 48.5 Å². The molecule has 0 fully saturated rings. The van der Waals surface area contributed by atoms with Crippen LogP contribution in [0.4, 0.5) is 24.5 Å². The maximum atomic E-state index is 12.9. The van der Waals surface area contributed by atoms with Crippen molar-refractivity contribution in [3.8, 4) is 0 Å². The molecule has 3 aromatic rings. The van der Waals surface area contributed by atoms with Gasteiger partial charge in [-0.05, 0) is 56.3 Å². The van der Waals surface area contributed by atoms with Gasteiger partial charge in [-0.3, -0.25) is 4.98 Å². The van der Waals surface area contributed by atoms with Gasteiger partial charge in [-0.15, -0.1) is 0 Å². The smallest absolute Gasteiger partial charge is 0.416 e. The van der Waals surface area contributed by atoms with Crippen LogP contribution in [0.5, 0.6) is 0 Å². The van der Waals surface area contributed by atoms with Crippen LogP contribution >= 0.6 is 0 Å². The van der Waals surface area contributed by atoms with Crippen LogP contribution in [0, 0.1) is 6.92 Å². The van der Waals surface area contributed by atoms with Gasteiger partial charge in [-0.2, -0.15) is 13.2 Å². The highest BCUT2D eigenvalue weighted by Crippen LogP contribution is 2.33. The largest absolute Gasteiger partial charge is 0.462 e. The predicted octanol–water partition coefficient (Wildman–Crippen LogP) is 5.48. The van der Waals surface area contributed by atoms with E-state index in [-0.39, 0.29) is 6.61 Å². The molecule has 0 spiro atoms. The fourth-order valence-corrected chi connectivity index (χ4v) is 2.73. The highest BCUT2D eigenvalue weighted by molar-refractivity contribution is 5.99. The summed E-state index contributed by atoms with van der Waals surface area (Å²) in [5, 5.41) is 3.62. The fourth-order valence-electron chi connectivity index (χ4n) is 2.73. The van der Waals surface area contributed by atoms with Crippen LogP contribution in [0.25, 0.3) is 10.9 Å². The number of aryl methyl sites for hydroxylation is 1. The summed E-state index contributed by atoms with van der Waals surface area (Å²) in [4.78, 5) is 16.4. The second kappa shape index (κ2) is 7.26. The molecule has 0 aliphatic rings. The molecular formula is C20H17F3N2O2. The number of ether oxygens (including phenoxy) is 1. The lowest BCUT2D eigenvalue weighted by atomic mass is 10.1. The van der Waals surface area contributed by atoms with Gasteiger partial charge in [0.25, 0.3) is 0 Å². The number of aromatic nitrogens is 1. The number of nitrogens with one attached hydrogen (secondary N) is 1. The highest BCUT2D eigenvalue weighted by Gasteiger charge is 2.30. The van der Waals surface area contributed by atoms with Crippen LogP contribution in [0.1, 0.15) is 28.5 Å². The average Bonchev–Trinajstić information content (AvgIpc) is 2.61. The first-order valence-electron chi connectivity index (χ1n) is 8.30. The SMILES string of the molecule is CCOC(=O)c1ccc2nc(C)cc(Nc3cccc(C(F)(F)F)c3)c2c1. The van der Waals surface area contributed by atoms with E-state index in [1.807, 2.05) is 0 Å². The van der Waals surface area contributed by atoms with E-state index in [1.165, 1.54) is 6.07 Å². The van der Waals surface area contributed by atoms with E-state index < -0.39 is 17.7 Å². The van der Waals surface area contributed by atoms with E-state index >= 15 is 0 Å². The van der Waals surface area contributed by atoms with Crippen molar-refractivity contribution >= 4 is 28.2 Å². The normalized spacial score (nSPS) is 11.4. The molecule has 140 valence electrons. The first kappa shape index (κ1) is 18.7. The third-order valence-electron chi connectivity index (χ3n) is 3.92. The molecule has 7 heteroatoms. The van der Waals surface area contributed by atoms with Gasteiger partial charge in [0, 0.05) is 22.5 Å². The van der Waals surface area contributed by atoms with Gasteiger partial charge in [0.2, 0.25) is 0 Å². The molecule has 1 aromatic heterocycles. The van der Waals surface area contributed by atoms with Crippen molar-refractivity contribution in [2.24, 2.45) is 0 Å². The van der Waals surface area contributed by atoms with E-state index in [1.54, 1.807) is 44.2 Å². The van der Waals surface area contributed by atoms with Crippen LogP contribution in [-0.4, -0.2) is 17.6 Å². The molecule has 1 heterocycles. The highest BCUT2D eigenvalue weighted by atomic mass is 19.4. The molecule has 0 unspecified atom stereocenters. The lowest BCUT2D eigenvalue weighted by molar-refractivity contribution is -0.137. The van der Waals surface area contributed by atoms with Gasteiger partial charge < -0.3 is 10.1 Å². The Bertz CT molecular complexity index is 1000. The summed E-state index contributed by atoms with van der Waals surface area (Å²) in [6.07, 6.45) is -4.43. The Morgan fingerprint density at radius 2 is 1.93 bits per heavy atom. The molecule has 2 aromatic carbocycles. The number of carbonyl (C=O) groups is 1. The summed E-state index contributed by atoms with van der Waals surface area (Å²) in [6.45, 7) is 3.75. The zero-order chi connectivity index (χ0) is 19.6. The summed E-state index contributed by atoms with van der Waals surface area (Å²) < 4.78 is 43.9. The molecule has 0 amide bonds. The quantitative estimate of drug-likeness (QED) is 0.614. The molecule has 0 radical (unpaired) electrons. The molecule has 0 aliphatic carbocycles. The zero-order valence-electron chi connectivity index (χ0n) is 14.7. The summed E-state index contributed by atoms with van der Waals surface area (Å²) in [6, 6.07) is 11.6. The molecule has 1 N–H and O–H groups in total. The maximum absolute atomic E-state index is 12.9. The Labute approximate surface area is 154 Å². The van der Waals surface area contributed by atoms with Gasteiger partial charge in [0.05, 0.1) is 23.3 Å². The Balaban J connectivity index is 2.05. The van der Waals surface area contributed by atoms with E-state index in [2.05, 4.69) is 10.3 Å². The number of nitrogens with zero attached hydrogens (tertiary/aromatic N) is 1. The molecule has 0 atom stereocenters. The topological polar surface area (TPSA) is 51.2 Å². The van der Waals surface area contributed by atoms with Gasteiger partial charge in [-0.1, -0.05) is 6.07 Å². The molecule has 3 rings (SSSR count). The number of hydrogen-bond acceptors (Lipinski definition) is 4. The Morgan fingerprint density at radius 1 is 1.15 bits per heavy atom. The van der Waals surface area contributed by atoms with Crippen molar-refractivity contribution in [3.05, 3.63) is 65.4 Å². The van der Waals surface area contributed by atoms with Crippen molar-refractivity contribution in [1.29, 1.82) is 0 Å². The lowest BCUT2D eigenvalue weighted by Gasteiger charge is -2.14. The Morgan fingerprint density at radius 3 is 2.63 bits per heavy atom. The van der Waals surface area contributed by atoms with Crippen LogP contribution in [-0.2, 0) is 10.9 Å². The summed E-state index contributed by atoms with van der Waals surface area (Å²) in [5.41, 5.74) is 1.77. The number of esters is 1. The second-order valence-electron chi connectivity index (χ2n) is 5.97. The van der Waals surface area contributed by atoms with E-state index in [4.69, 9.17) is 4.74 Å². The van der Waals surface area contributed by atoms with Crippen molar-refractivity contribution in [3.63, 3.8) is 0 Å². The van der Waals surface area contributed by atoms with E-state index in [0.717, 1.165) is 12.1 Å². The number of carbonyl (C=O) groups excluding carboxylic acids is 1. The summed E-state index contributed by atoms with van der Waals surface area (Å²) >= 11 is 0. The number of fused-ring (bicyclic) bond motifs is 1. The third-order valence-corrected chi connectivity index (χ3v) is 3.92. The number of alkyl halides is 3. The van der Waals surface area contributed by atoms with Gasteiger partial charge >= 0.3 is 12.1 Å². The van der Waals surface area contributed by atoms with Gasteiger partial charge in [0.15, 0.2) is 0 Å². The standard InChI is InChI=1S/C20H17F3N2O2/c1-3-27-19(26)13-7-8-17-16(10-13)18(9-12(2)24-17)25-15-6-4-5-14(11-15)20(21,22)23/h4-11H,3H2,1-2H3,(H,24,25). The first-order chi connectivity index (χ1) is 12.8. The Kier molecular flexibility index (Phi) is 5.03. The maximum Gasteiger partial charge on any atom is 0.416 e. The number of anilines is 2. The average molecular weight is 374 g/mol. The lowest BCUT2D eigenvalue weighted by Crippen LogP contribution is -2.06. The monoisotopic (exact) mass is 374 g/mol. The first-order valence-corrected chi connectivity index (χ1v) is 8.30. The number of hydrogen-bond donors (Lipinski definition) is 1. The summed E-state index contributed by atoms with van der Waals surface area (Å²) in [7, 11) is 0. The third kappa shape index (κ3) is 4.19. The second-order valence-corrected chi connectivity index (χ2v) is 5.97. The molecule has 27 heavy (non-hydrogen) atoms. The van der Waals surface area contributed by atoms with Crippen molar-refractivity contribution in [2.45, 2.75) is 20.0 Å². The fraction of sp³-hybridized carbons (Fsp3) is 0.200.